The van der Waals surface area contributed by atoms with Crippen molar-refractivity contribution in [1.82, 2.24) is 9.72 Å². The summed E-state index contributed by atoms with van der Waals surface area (Å²) in [7, 11) is -9.85. The largest absolute Gasteiger partial charge is 0.571 e. The molecule has 9 nitrogen and oxygen atoms in total. The molecule has 0 amide bonds. The van der Waals surface area contributed by atoms with Crippen LogP contribution in [0.25, 0.3) is 0 Å². The van der Waals surface area contributed by atoms with E-state index in [4.69, 9.17) is 31.7 Å². The first-order valence-corrected chi connectivity index (χ1v) is 18.0. The Labute approximate surface area is 233 Å². The Balaban J connectivity index is 1.89. The van der Waals surface area contributed by atoms with Gasteiger partial charge >= 0.3 is 23.7 Å². The Morgan fingerprint density at radius 2 is 1.15 bits per heavy atom. The molecule has 2 N–H and O–H groups in total. The van der Waals surface area contributed by atoms with Crippen molar-refractivity contribution in [3.63, 3.8) is 0 Å². The van der Waals surface area contributed by atoms with E-state index < -0.39 is 23.7 Å². The zero-order valence-electron chi connectivity index (χ0n) is 22.6. The standard InChI is InChI=1S/C27H38N3O6P3/c1-4-22-31-37(34-25-16-10-7-11-17-25)28-38(32-23-5-2,35-26-18-12-8-13-19-26)30-39(29-37,33-24-6-3)36-27-20-14-9-15-21-27/h7-21,28-29H,4-6,22-24H2,1-3H3/q+2. The molecule has 3 unspecified atom stereocenters. The van der Waals surface area contributed by atoms with Crippen LogP contribution >= 0.6 is 23.7 Å². The third-order valence-electron chi connectivity index (χ3n) is 5.09. The van der Waals surface area contributed by atoms with E-state index in [9.17, 15) is 0 Å². The van der Waals surface area contributed by atoms with Crippen LogP contribution in [-0.4, -0.2) is 19.8 Å². The first-order valence-electron chi connectivity index (χ1n) is 13.2. The lowest BCUT2D eigenvalue weighted by Crippen LogP contribution is -2.39. The van der Waals surface area contributed by atoms with Crippen molar-refractivity contribution in [2.24, 2.45) is 4.52 Å². The van der Waals surface area contributed by atoms with Crippen molar-refractivity contribution in [1.29, 1.82) is 0 Å². The van der Waals surface area contributed by atoms with Gasteiger partial charge in [-0.05, 0) is 60.5 Å². The third kappa shape index (κ3) is 8.47. The zero-order chi connectivity index (χ0) is 27.4. The van der Waals surface area contributed by atoms with Gasteiger partial charge in [0.25, 0.3) is 0 Å². The normalized spacial score (nSPS) is 24.5. The minimum absolute atomic E-state index is 0.398. The first-order chi connectivity index (χ1) is 19.0. The van der Waals surface area contributed by atoms with Gasteiger partial charge in [-0.1, -0.05) is 75.4 Å². The van der Waals surface area contributed by atoms with Crippen LogP contribution < -0.4 is 23.3 Å². The molecular formula is C27H38N3O6P3+2. The van der Waals surface area contributed by atoms with E-state index in [0.717, 1.165) is 19.3 Å². The second-order valence-corrected chi connectivity index (χ2v) is 15.4. The molecule has 4 rings (SSSR count). The van der Waals surface area contributed by atoms with Crippen molar-refractivity contribution in [2.75, 3.05) is 19.8 Å². The van der Waals surface area contributed by atoms with E-state index in [0.29, 0.717) is 37.1 Å². The Morgan fingerprint density at radius 3 is 1.72 bits per heavy atom. The van der Waals surface area contributed by atoms with Gasteiger partial charge in [0, 0.05) is 4.52 Å². The molecule has 0 spiro atoms. The maximum absolute atomic E-state index is 6.63. The Hall–Kier alpha value is -2.05. The summed E-state index contributed by atoms with van der Waals surface area (Å²) in [5.41, 5.74) is 0. The molecule has 1 aliphatic heterocycles. The minimum Gasteiger partial charge on any atom is -0.423 e. The fourth-order valence-corrected chi connectivity index (χ4v) is 13.9. The van der Waals surface area contributed by atoms with E-state index in [-0.39, 0.29) is 0 Å². The summed E-state index contributed by atoms with van der Waals surface area (Å²) in [6.07, 6.45) is 2.28. The fraction of sp³-hybridized carbons (Fsp3) is 0.333. The molecule has 210 valence electrons. The molecular weight excluding hydrogens is 555 g/mol. The number of hydrogen-bond donors (Lipinski definition) is 2. The lowest BCUT2D eigenvalue weighted by Gasteiger charge is -2.34. The summed E-state index contributed by atoms with van der Waals surface area (Å²) >= 11 is 0. The zero-order valence-corrected chi connectivity index (χ0v) is 25.3. The summed E-state index contributed by atoms with van der Waals surface area (Å²) in [6.45, 7) is 7.33. The van der Waals surface area contributed by atoms with Crippen LogP contribution in [-0.2, 0) is 13.6 Å². The Morgan fingerprint density at radius 1 is 0.641 bits per heavy atom. The van der Waals surface area contributed by atoms with Crippen LogP contribution in [0.3, 0.4) is 0 Å². The molecule has 3 aromatic carbocycles. The van der Waals surface area contributed by atoms with Crippen molar-refractivity contribution in [3.05, 3.63) is 91.0 Å². The number of para-hydroxylation sites is 3. The monoisotopic (exact) mass is 593 g/mol. The van der Waals surface area contributed by atoms with Crippen LogP contribution in [0.15, 0.2) is 95.5 Å². The Bertz CT molecular complexity index is 1200. The molecule has 1 aliphatic rings. The van der Waals surface area contributed by atoms with E-state index in [2.05, 4.69) is 9.72 Å². The third-order valence-corrected chi connectivity index (χ3v) is 14.1. The van der Waals surface area contributed by atoms with Gasteiger partial charge in [-0.2, -0.15) is 9.05 Å². The first kappa shape index (κ1) is 29.9. The van der Waals surface area contributed by atoms with E-state index in [1.54, 1.807) is 0 Å². The van der Waals surface area contributed by atoms with Crippen molar-refractivity contribution >= 4 is 23.7 Å². The van der Waals surface area contributed by atoms with Crippen molar-refractivity contribution in [2.45, 2.75) is 40.0 Å². The molecule has 39 heavy (non-hydrogen) atoms. The second-order valence-electron chi connectivity index (χ2n) is 8.59. The highest BCUT2D eigenvalue weighted by molar-refractivity contribution is 7.88. The summed E-state index contributed by atoms with van der Waals surface area (Å²) in [5.74, 6) is 1.81. The lowest BCUT2D eigenvalue weighted by atomic mass is 10.3. The topological polar surface area (TPSA) is 91.8 Å². The quantitative estimate of drug-likeness (QED) is 0.169. The maximum atomic E-state index is 6.63. The van der Waals surface area contributed by atoms with E-state index in [1.165, 1.54) is 0 Å². The lowest BCUT2D eigenvalue weighted by molar-refractivity contribution is 0.257. The molecule has 1 heterocycles. The number of nitrogens with zero attached hydrogens (tertiary/aromatic N) is 1. The van der Waals surface area contributed by atoms with Crippen LogP contribution in [0.5, 0.6) is 17.2 Å². The van der Waals surface area contributed by atoms with Crippen molar-refractivity contribution in [3.8, 4) is 17.2 Å². The van der Waals surface area contributed by atoms with Gasteiger partial charge in [-0.3, -0.25) is 13.6 Å². The predicted octanol–water partition coefficient (Wildman–Crippen LogP) is 9.00. The molecule has 3 atom stereocenters. The SMILES string of the molecule is CCCOP1(Oc2ccccc2)=N[P+](OCCC)(Oc2ccccc2)N[P+](OCCC)(Oc2ccccc2)N1. The van der Waals surface area contributed by atoms with Crippen LogP contribution in [0.2, 0.25) is 0 Å². The molecule has 3 aromatic rings. The number of benzene rings is 3. The number of hydrogen-bond acceptors (Lipinski definition) is 9. The number of nitrogens with one attached hydrogen (secondary N) is 2. The highest BCUT2D eigenvalue weighted by atomic mass is 31.3. The smallest absolute Gasteiger partial charge is 0.423 e. The maximum Gasteiger partial charge on any atom is 0.571 e. The molecule has 0 aliphatic carbocycles. The van der Waals surface area contributed by atoms with Crippen LogP contribution in [0, 0.1) is 0 Å². The summed E-state index contributed by atoms with van der Waals surface area (Å²) in [4.78, 5) is 6.97. The van der Waals surface area contributed by atoms with Gasteiger partial charge in [0.1, 0.15) is 5.75 Å². The van der Waals surface area contributed by atoms with Gasteiger partial charge in [0.05, 0.1) is 24.7 Å². The summed E-state index contributed by atoms with van der Waals surface area (Å²) < 4.78 is 44.4. The fourth-order valence-electron chi connectivity index (χ4n) is 3.44. The molecule has 0 radical (unpaired) electrons. The summed E-state index contributed by atoms with van der Waals surface area (Å²) in [6, 6.07) is 28.4. The van der Waals surface area contributed by atoms with Crippen LogP contribution in [0.1, 0.15) is 40.0 Å². The average Bonchev–Trinajstić information content (AvgIpc) is 2.95. The second kappa shape index (κ2) is 14.5. The summed E-state index contributed by atoms with van der Waals surface area (Å²) in [5, 5.41) is 0. The van der Waals surface area contributed by atoms with Gasteiger partial charge < -0.3 is 4.52 Å². The molecule has 0 saturated carbocycles. The molecule has 0 bridgehead atoms. The van der Waals surface area contributed by atoms with Gasteiger partial charge in [0.15, 0.2) is 11.5 Å². The predicted molar refractivity (Wildman–Crippen MR) is 159 cm³/mol. The molecule has 0 fully saturated rings. The van der Waals surface area contributed by atoms with Crippen molar-refractivity contribution < 1.29 is 27.1 Å². The van der Waals surface area contributed by atoms with Crippen LogP contribution in [0.4, 0.5) is 0 Å². The highest BCUT2D eigenvalue weighted by Crippen LogP contribution is 2.80. The van der Waals surface area contributed by atoms with Gasteiger partial charge in [-0.15, -0.1) is 0 Å². The average molecular weight is 594 g/mol. The highest BCUT2D eigenvalue weighted by Gasteiger charge is 2.72. The molecule has 0 aromatic heterocycles. The Kier molecular flexibility index (Phi) is 11.2. The van der Waals surface area contributed by atoms with E-state index in [1.807, 2.05) is 112 Å². The molecule has 0 saturated heterocycles. The van der Waals surface area contributed by atoms with Gasteiger partial charge in [0.2, 0.25) is 0 Å². The van der Waals surface area contributed by atoms with E-state index >= 15 is 0 Å². The minimum atomic E-state index is -3.31. The molecule has 12 heteroatoms. The number of rotatable bonds is 15. The van der Waals surface area contributed by atoms with Gasteiger partial charge in [-0.25, -0.2) is 0 Å².